The van der Waals surface area contributed by atoms with Gasteiger partial charge in [-0.1, -0.05) is 122 Å². The normalized spacial score (nSPS) is 10.7. The van der Waals surface area contributed by atoms with E-state index < -0.39 is 0 Å². The second-order valence-corrected chi connectivity index (χ2v) is 8.64. The molecule has 0 aliphatic heterocycles. The molecule has 0 atom stereocenters. The van der Waals surface area contributed by atoms with Crippen LogP contribution < -0.4 is 17.9 Å². The highest BCUT2D eigenvalue weighted by Gasteiger charge is 2.04. The van der Waals surface area contributed by atoms with Gasteiger partial charge in [-0.25, -0.2) is 4.79 Å². The van der Waals surface area contributed by atoms with Crippen molar-refractivity contribution in [3.05, 3.63) is 0 Å². The second-order valence-electron chi connectivity index (χ2n) is 8.64. The summed E-state index contributed by atoms with van der Waals surface area (Å²) in [6.07, 6.45) is 27.1. The number of halogens is 1. The summed E-state index contributed by atoms with van der Waals surface area (Å²) in [7, 11) is 0. The highest BCUT2D eigenvalue weighted by atomic mass is 35.5. The smallest absolute Gasteiger partial charge is 0.366 e. The number of carbonyl (C=O) groups excluding carboxylic acids is 1. The van der Waals surface area contributed by atoms with Crippen LogP contribution in [0.5, 0.6) is 0 Å². The molecule has 0 saturated carbocycles. The first-order chi connectivity index (χ1) is 14.3. The number of hydroxylamine groups is 1. The van der Waals surface area contributed by atoms with E-state index in [1.165, 1.54) is 115 Å². The SMILES string of the molecule is CCCCCCCCCCCCCCCCCCCCCC(=O)O[NH2+]CCCO.[Cl-]. The van der Waals surface area contributed by atoms with Crippen molar-refractivity contribution in [3.8, 4) is 0 Å². The fourth-order valence-electron chi connectivity index (χ4n) is 3.73. The molecule has 0 aliphatic carbocycles. The standard InChI is InChI=1S/C25H51NO3.ClH/c1-2-3-4-5-6-7-8-9-10-11-12-13-14-15-16-17-18-19-20-22-25(28)29-26-23-21-24-27;/h26-27H,2-24H2,1H3;1H. The lowest BCUT2D eigenvalue weighted by Crippen LogP contribution is -3.00. The minimum absolute atomic E-state index is 0. The van der Waals surface area contributed by atoms with E-state index in [1.807, 2.05) is 0 Å². The Morgan fingerprint density at radius 2 is 1.00 bits per heavy atom. The monoisotopic (exact) mass is 449 g/mol. The number of nitrogens with two attached hydrogens (primary N) is 1. The van der Waals surface area contributed by atoms with Gasteiger partial charge in [-0.05, 0) is 6.42 Å². The molecule has 0 heterocycles. The van der Waals surface area contributed by atoms with Crippen LogP contribution in [0.1, 0.15) is 142 Å². The first-order valence-corrected chi connectivity index (χ1v) is 12.9. The summed E-state index contributed by atoms with van der Waals surface area (Å²) in [4.78, 5) is 16.5. The molecule has 0 fully saturated rings. The third-order valence-electron chi connectivity index (χ3n) is 5.68. The molecule has 0 aromatic heterocycles. The lowest BCUT2D eigenvalue weighted by atomic mass is 10.0. The fourth-order valence-corrected chi connectivity index (χ4v) is 3.73. The topological polar surface area (TPSA) is 63.1 Å². The van der Waals surface area contributed by atoms with Crippen LogP contribution in [0.3, 0.4) is 0 Å². The van der Waals surface area contributed by atoms with Gasteiger partial charge in [0.25, 0.3) is 0 Å². The Bertz CT molecular complexity index is 330. The van der Waals surface area contributed by atoms with E-state index in [9.17, 15) is 4.79 Å². The summed E-state index contributed by atoms with van der Waals surface area (Å²) in [6, 6.07) is 0. The molecule has 30 heavy (non-hydrogen) atoms. The molecule has 182 valence electrons. The van der Waals surface area contributed by atoms with Crippen molar-refractivity contribution in [2.75, 3.05) is 13.2 Å². The number of unbranched alkanes of at least 4 members (excludes halogenated alkanes) is 18. The van der Waals surface area contributed by atoms with Gasteiger partial charge < -0.3 is 17.5 Å². The van der Waals surface area contributed by atoms with Gasteiger partial charge in [0, 0.05) is 13.0 Å². The van der Waals surface area contributed by atoms with E-state index in [1.54, 1.807) is 0 Å². The second kappa shape index (κ2) is 28.7. The molecule has 5 heteroatoms. The Balaban J connectivity index is 0. The third kappa shape index (κ3) is 27.7. The number of aliphatic hydroxyl groups is 1. The molecule has 0 amide bonds. The Labute approximate surface area is 193 Å². The van der Waals surface area contributed by atoms with Crippen molar-refractivity contribution in [1.82, 2.24) is 0 Å². The molecule has 0 aromatic rings. The van der Waals surface area contributed by atoms with E-state index >= 15 is 0 Å². The maximum Gasteiger partial charge on any atom is 0.366 e. The van der Waals surface area contributed by atoms with E-state index in [0.717, 1.165) is 12.8 Å². The molecule has 0 aliphatic rings. The summed E-state index contributed by atoms with van der Waals surface area (Å²) in [6.45, 7) is 3.07. The van der Waals surface area contributed by atoms with Gasteiger partial charge in [-0.2, -0.15) is 5.48 Å². The molecule has 0 bridgehead atoms. The molecule has 0 aromatic carbocycles. The van der Waals surface area contributed by atoms with E-state index in [2.05, 4.69) is 6.92 Å². The van der Waals surface area contributed by atoms with Crippen LogP contribution in [-0.4, -0.2) is 24.2 Å². The fraction of sp³-hybridized carbons (Fsp3) is 0.960. The molecule has 0 radical (unpaired) electrons. The van der Waals surface area contributed by atoms with Crippen LogP contribution in [-0.2, 0) is 9.63 Å². The number of aliphatic hydroxyl groups excluding tert-OH is 1. The van der Waals surface area contributed by atoms with Crippen molar-refractivity contribution in [2.45, 2.75) is 142 Å². The van der Waals surface area contributed by atoms with Crippen LogP contribution in [0, 0.1) is 0 Å². The van der Waals surface area contributed by atoms with Crippen molar-refractivity contribution in [2.24, 2.45) is 0 Å². The molecule has 0 unspecified atom stereocenters. The average Bonchev–Trinajstić information content (AvgIpc) is 2.73. The third-order valence-corrected chi connectivity index (χ3v) is 5.68. The minimum atomic E-state index is -0.130. The average molecular weight is 450 g/mol. The maximum atomic E-state index is 11.5. The largest absolute Gasteiger partial charge is 1.00 e. The van der Waals surface area contributed by atoms with Gasteiger partial charge in [0.15, 0.2) is 0 Å². The quantitative estimate of drug-likeness (QED) is 0.176. The highest BCUT2D eigenvalue weighted by molar-refractivity contribution is 5.68. The van der Waals surface area contributed by atoms with Gasteiger partial charge >= 0.3 is 5.97 Å². The first-order valence-electron chi connectivity index (χ1n) is 12.9. The molecular weight excluding hydrogens is 398 g/mol. The number of hydrogen-bond donors (Lipinski definition) is 2. The zero-order valence-corrected chi connectivity index (χ0v) is 20.7. The van der Waals surface area contributed by atoms with Gasteiger partial charge in [-0.15, -0.1) is 0 Å². The molecular formula is C25H52ClNO3. The summed E-state index contributed by atoms with van der Waals surface area (Å²) in [5, 5.41) is 8.65. The van der Waals surface area contributed by atoms with Crippen LogP contribution in [0.2, 0.25) is 0 Å². The van der Waals surface area contributed by atoms with Crippen molar-refractivity contribution in [3.63, 3.8) is 0 Å². The van der Waals surface area contributed by atoms with Crippen LogP contribution in [0.4, 0.5) is 0 Å². The predicted molar refractivity (Wildman–Crippen MR) is 123 cm³/mol. The zero-order valence-electron chi connectivity index (χ0n) is 20.0. The summed E-state index contributed by atoms with van der Waals surface area (Å²) < 4.78 is 0. The number of rotatable bonds is 24. The molecule has 0 saturated heterocycles. The van der Waals surface area contributed by atoms with Crippen molar-refractivity contribution < 1.29 is 32.6 Å². The molecule has 0 rings (SSSR count). The molecule has 0 spiro atoms. The number of quaternary nitrogens is 1. The maximum absolute atomic E-state index is 11.5. The summed E-state index contributed by atoms with van der Waals surface area (Å²) in [5.41, 5.74) is 1.52. The molecule has 3 N–H and O–H groups in total. The van der Waals surface area contributed by atoms with E-state index in [0.29, 0.717) is 19.4 Å². The molecule has 4 nitrogen and oxygen atoms in total. The Kier molecular flexibility index (Phi) is 30.5. The predicted octanol–water partition coefficient (Wildman–Crippen LogP) is 3.22. The van der Waals surface area contributed by atoms with Crippen LogP contribution in [0.15, 0.2) is 0 Å². The lowest BCUT2D eigenvalue weighted by molar-refractivity contribution is -0.872. The summed E-state index contributed by atoms with van der Waals surface area (Å²) in [5.74, 6) is -0.130. The minimum Gasteiger partial charge on any atom is -1.00 e. The zero-order chi connectivity index (χ0) is 21.3. The lowest BCUT2D eigenvalue weighted by Gasteiger charge is -2.04. The van der Waals surface area contributed by atoms with Crippen LogP contribution >= 0.6 is 0 Å². The van der Waals surface area contributed by atoms with Gasteiger partial charge in [0.05, 0.1) is 6.42 Å². The van der Waals surface area contributed by atoms with Gasteiger partial charge in [0.1, 0.15) is 6.54 Å². The van der Waals surface area contributed by atoms with E-state index in [4.69, 9.17) is 9.94 Å². The Morgan fingerprint density at radius 1 is 0.633 bits per heavy atom. The summed E-state index contributed by atoms with van der Waals surface area (Å²) >= 11 is 0. The van der Waals surface area contributed by atoms with Crippen molar-refractivity contribution in [1.29, 1.82) is 0 Å². The first kappa shape index (κ1) is 31.9. The van der Waals surface area contributed by atoms with Crippen molar-refractivity contribution >= 4 is 5.97 Å². The van der Waals surface area contributed by atoms with Gasteiger partial charge in [0.2, 0.25) is 0 Å². The van der Waals surface area contributed by atoms with Gasteiger partial charge in [-0.3, -0.25) is 4.84 Å². The Morgan fingerprint density at radius 3 is 1.37 bits per heavy atom. The number of hydrogen-bond acceptors (Lipinski definition) is 3. The Hall–Kier alpha value is -0.320. The van der Waals surface area contributed by atoms with E-state index in [-0.39, 0.29) is 25.0 Å². The van der Waals surface area contributed by atoms with Crippen LogP contribution in [0.25, 0.3) is 0 Å². The highest BCUT2D eigenvalue weighted by Crippen LogP contribution is 2.14. The number of carbonyl (C=O) groups is 1.